The average Bonchev–Trinajstić information content (AvgIpc) is 2.97. The molecule has 1 saturated heterocycles. The predicted molar refractivity (Wildman–Crippen MR) is 71.4 cm³/mol. The molecule has 2 rings (SSSR count). The first-order valence-electron chi connectivity index (χ1n) is 6.36. The van der Waals surface area contributed by atoms with E-state index in [1.54, 1.807) is 0 Å². The summed E-state index contributed by atoms with van der Waals surface area (Å²) in [5, 5.41) is 2.64. The number of rotatable bonds is 6. The molecule has 1 unspecified atom stereocenters. The molecule has 20 heavy (non-hydrogen) atoms. The third kappa shape index (κ3) is 4.26. The van der Waals surface area contributed by atoms with Crippen molar-refractivity contribution < 1.29 is 17.9 Å². The molecule has 1 amide bonds. The molecule has 1 aliphatic heterocycles. The molecule has 1 aromatic rings. The number of aromatic nitrogens is 1. The highest BCUT2D eigenvalue weighted by molar-refractivity contribution is 7.89. The van der Waals surface area contributed by atoms with Crippen LogP contribution in [0, 0.1) is 0 Å². The maximum Gasteiger partial charge on any atom is 0.242 e. The summed E-state index contributed by atoms with van der Waals surface area (Å²) in [6.45, 7) is 0.825. The Balaban J connectivity index is 1.77. The molecule has 8 heteroatoms. The van der Waals surface area contributed by atoms with E-state index in [0.717, 1.165) is 12.8 Å². The Morgan fingerprint density at radius 1 is 1.50 bits per heavy atom. The second kappa shape index (κ2) is 6.78. The zero-order chi connectivity index (χ0) is 14.4. The van der Waals surface area contributed by atoms with Crippen molar-refractivity contribution in [3.63, 3.8) is 0 Å². The Bertz CT molecular complexity index is 541. The van der Waals surface area contributed by atoms with Gasteiger partial charge in [0, 0.05) is 25.5 Å². The summed E-state index contributed by atoms with van der Waals surface area (Å²) in [5.41, 5.74) is 0. The Morgan fingerprint density at radius 2 is 2.35 bits per heavy atom. The zero-order valence-corrected chi connectivity index (χ0v) is 11.7. The monoisotopic (exact) mass is 299 g/mol. The number of nitrogens with one attached hydrogen (secondary N) is 2. The van der Waals surface area contributed by atoms with Crippen molar-refractivity contribution in [3.8, 4) is 0 Å². The highest BCUT2D eigenvalue weighted by Crippen LogP contribution is 2.10. The first kappa shape index (κ1) is 14.9. The van der Waals surface area contributed by atoms with Crippen LogP contribution in [0.25, 0.3) is 0 Å². The summed E-state index contributed by atoms with van der Waals surface area (Å²) in [7, 11) is -3.70. The molecule has 0 spiro atoms. The van der Waals surface area contributed by atoms with E-state index in [0.29, 0.717) is 13.2 Å². The molecule has 110 valence electrons. The number of ether oxygens (including phenoxy) is 1. The third-order valence-corrected chi connectivity index (χ3v) is 4.30. The van der Waals surface area contributed by atoms with Crippen LogP contribution >= 0.6 is 0 Å². The van der Waals surface area contributed by atoms with Crippen molar-refractivity contribution >= 4 is 15.9 Å². The Kier molecular flexibility index (Phi) is 5.05. The SMILES string of the molecule is O=C(CNS(=O)(=O)c1cccnc1)NCC1CCCO1. The van der Waals surface area contributed by atoms with E-state index in [4.69, 9.17) is 4.74 Å². The number of carbonyl (C=O) groups excluding carboxylic acids is 1. The zero-order valence-electron chi connectivity index (χ0n) is 10.9. The molecule has 1 atom stereocenters. The number of carbonyl (C=O) groups is 1. The fraction of sp³-hybridized carbons (Fsp3) is 0.500. The van der Waals surface area contributed by atoms with Crippen LogP contribution in [-0.2, 0) is 19.6 Å². The summed E-state index contributed by atoms with van der Waals surface area (Å²) in [5.74, 6) is -0.382. The van der Waals surface area contributed by atoms with Crippen LogP contribution in [0.4, 0.5) is 0 Å². The lowest BCUT2D eigenvalue weighted by atomic mass is 10.2. The maximum atomic E-state index is 11.8. The fourth-order valence-corrected chi connectivity index (χ4v) is 2.79. The minimum Gasteiger partial charge on any atom is -0.376 e. The standard InChI is InChI=1S/C12H17N3O4S/c16-12(14-7-10-3-2-6-19-10)9-15-20(17,18)11-4-1-5-13-8-11/h1,4-5,8,10,15H,2-3,6-7,9H2,(H,14,16). The van der Waals surface area contributed by atoms with Crippen molar-refractivity contribution in [2.24, 2.45) is 0 Å². The number of pyridine rings is 1. The molecule has 1 fully saturated rings. The van der Waals surface area contributed by atoms with E-state index in [2.05, 4.69) is 15.0 Å². The molecular formula is C12H17N3O4S. The largest absolute Gasteiger partial charge is 0.376 e. The van der Waals surface area contributed by atoms with Crippen molar-refractivity contribution in [3.05, 3.63) is 24.5 Å². The normalized spacial score (nSPS) is 18.9. The Labute approximate surface area is 117 Å². The smallest absolute Gasteiger partial charge is 0.242 e. The van der Waals surface area contributed by atoms with Gasteiger partial charge in [0.2, 0.25) is 15.9 Å². The number of hydrogen-bond acceptors (Lipinski definition) is 5. The summed E-state index contributed by atoms with van der Waals surface area (Å²) < 4.78 is 31.3. The summed E-state index contributed by atoms with van der Waals surface area (Å²) in [4.78, 5) is 15.3. The Morgan fingerprint density at radius 3 is 3.00 bits per heavy atom. The van der Waals surface area contributed by atoms with Crippen LogP contribution in [0.2, 0.25) is 0 Å². The average molecular weight is 299 g/mol. The molecule has 0 aliphatic carbocycles. The van der Waals surface area contributed by atoms with Crippen molar-refractivity contribution in [1.82, 2.24) is 15.0 Å². The van der Waals surface area contributed by atoms with Crippen LogP contribution in [-0.4, -0.2) is 45.1 Å². The second-order valence-electron chi connectivity index (χ2n) is 4.45. The van der Waals surface area contributed by atoms with Crippen LogP contribution < -0.4 is 10.0 Å². The Hall–Kier alpha value is -1.51. The lowest BCUT2D eigenvalue weighted by Crippen LogP contribution is -2.39. The molecule has 2 heterocycles. The maximum absolute atomic E-state index is 11.8. The highest BCUT2D eigenvalue weighted by Gasteiger charge is 2.18. The van der Waals surface area contributed by atoms with E-state index >= 15 is 0 Å². The number of sulfonamides is 1. The molecule has 2 N–H and O–H groups in total. The number of hydrogen-bond donors (Lipinski definition) is 2. The van der Waals surface area contributed by atoms with Gasteiger partial charge < -0.3 is 10.1 Å². The van der Waals surface area contributed by atoms with Gasteiger partial charge in [-0.3, -0.25) is 9.78 Å². The fourth-order valence-electron chi connectivity index (χ4n) is 1.85. The molecule has 0 radical (unpaired) electrons. The lowest BCUT2D eigenvalue weighted by Gasteiger charge is -2.11. The predicted octanol–water partition coefficient (Wildman–Crippen LogP) is -0.345. The topological polar surface area (TPSA) is 97.4 Å². The van der Waals surface area contributed by atoms with Crippen molar-refractivity contribution in [2.45, 2.75) is 23.8 Å². The molecule has 1 aromatic heterocycles. The van der Waals surface area contributed by atoms with Gasteiger partial charge in [0.15, 0.2) is 0 Å². The van der Waals surface area contributed by atoms with E-state index in [-0.39, 0.29) is 23.5 Å². The van der Waals surface area contributed by atoms with E-state index in [9.17, 15) is 13.2 Å². The second-order valence-corrected chi connectivity index (χ2v) is 6.22. The van der Waals surface area contributed by atoms with E-state index in [1.165, 1.54) is 24.5 Å². The molecule has 0 aromatic carbocycles. The molecule has 7 nitrogen and oxygen atoms in total. The summed E-state index contributed by atoms with van der Waals surface area (Å²) in [6.07, 6.45) is 4.66. The van der Waals surface area contributed by atoms with Gasteiger partial charge in [-0.15, -0.1) is 0 Å². The van der Waals surface area contributed by atoms with Gasteiger partial charge in [0.25, 0.3) is 0 Å². The highest BCUT2D eigenvalue weighted by atomic mass is 32.2. The van der Waals surface area contributed by atoms with Crippen LogP contribution in [0.15, 0.2) is 29.4 Å². The van der Waals surface area contributed by atoms with Crippen LogP contribution in [0.1, 0.15) is 12.8 Å². The quantitative estimate of drug-likeness (QED) is 0.748. The van der Waals surface area contributed by atoms with E-state index < -0.39 is 10.0 Å². The van der Waals surface area contributed by atoms with Gasteiger partial charge in [0.05, 0.1) is 12.6 Å². The minimum absolute atomic E-state index is 0.0342. The first-order chi connectivity index (χ1) is 9.58. The third-order valence-electron chi connectivity index (χ3n) is 2.92. The van der Waals surface area contributed by atoms with Crippen molar-refractivity contribution in [2.75, 3.05) is 19.7 Å². The van der Waals surface area contributed by atoms with Gasteiger partial charge in [0.1, 0.15) is 4.90 Å². The molecule has 0 bridgehead atoms. The summed E-state index contributed by atoms with van der Waals surface area (Å²) >= 11 is 0. The van der Waals surface area contributed by atoms with Gasteiger partial charge >= 0.3 is 0 Å². The summed E-state index contributed by atoms with van der Waals surface area (Å²) in [6, 6.07) is 2.94. The number of amides is 1. The lowest BCUT2D eigenvalue weighted by molar-refractivity contribution is -0.120. The van der Waals surface area contributed by atoms with Gasteiger partial charge in [-0.1, -0.05) is 0 Å². The molecular weight excluding hydrogens is 282 g/mol. The van der Waals surface area contributed by atoms with E-state index in [1.807, 2.05) is 0 Å². The van der Waals surface area contributed by atoms with Gasteiger partial charge in [-0.05, 0) is 25.0 Å². The first-order valence-corrected chi connectivity index (χ1v) is 7.84. The molecule has 1 aliphatic rings. The number of nitrogens with zero attached hydrogens (tertiary/aromatic N) is 1. The molecule has 0 saturated carbocycles. The van der Waals surface area contributed by atoms with Crippen molar-refractivity contribution in [1.29, 1.82) is 0 Å². The van der Waals surface area contributed by atoms with Gasteiger partial charge in [-0.2, -0.15) is 0 Å². The van der Waals surface area contributed by atoms with Gasteiger partial charge in [-0.25, -0.2) is 13.1 Å². The van der Waals surface area contributed by atoms with Crippen LogP contribution in [0.3, 0.4) is 0 Å². The minimum atomic E-state index is -3.70. The van der Waals surface area contributed by atoms with Crippen LogP contribution in [0.5, 0.6) is 0 Å².